The summed E-state index contributed by atoms with van der Waals surface area (Å²) in [4.78, 5) is 16.7. The molecule has 0 spiro atoms. The molecule has 0 bridgehead atoms. The van der Waals surface area contributed by atoms with Gasteiger partial charge in [0.1, 0.15) is 5.75 Å². The van der Waals surface area contributed by atoms with Gasteiger partial charge in [0.05, 0.1) is 13.7 Å². The lowest BCUT2D eigenvalue weighted by Crippen LogP contribution is -2.38. The minimum atomic E-state index is 0. The number of rotatable bonds is 7. The fraction of sp³-hybridized carbons (Fsp3) is 0.364. The maximum absolute atomic E-state index is 12.0. The zero-order valence-corrected chi connectivity index (χ0v) is 19.2. The number of nitrogens with one attached hydrogen (secondary N) is 3. The number of carbonyl (C=O) groups excluding carboxylic acids is 1. The van der Waals surface area contributed by atoms with Crippen molar-refractivity contribution >= 4 is 41.5 Å². The fourth-order valence-electron chi connectivity index (χ4n) is 3.36. The van der Waals surface area contributed by atoms with Crippen molar-refractivity contribution in [1.82, 2.24) is 10.6 Å². The van der Waals surface area contributed by atoms with Crippen LogP contribution >= 0.6 is 24.0 Å². The number of carbonyl (C=O) groups is 1. The average Bonchev–Trinajstić information content (AvgIpc) is 2.71. The summed E-state index contributed by atoms with van der Waals surface area (Å²) < 4.78 is 5.27. The molecule has 1 amide bonds. The molecule has 2 aromatic carbocycles. The van der Waals surface area contributed by atoms with Crippen molar-refractivity contribution in [1.29, 1.82) is 0 Å². The minimum absolute atomic E-state index is 0. The highest BCUT2D eigenvalue weighted by molar-refractivity contribution is 14.0. The third kappa shape index (κ3) is 6.62. The van der Waals surface area contributed by atoms with Gasteiger partial charge < -0.3 is 20.7 Å². The Kier molecular flexibility index (Phi) is 9.24. The summed E-state index contributed by atoms with van der Waals surface area (Å²) in [5.74, 6) is 1.79. The SMILES string of the molecule is CCNC(=NCC1CC(=O)Nc2ccccc21)NCCc1cccc(OC)c1.I. The first-order valence-electron chi connectivity index (χ1n) is 9.73. The van der Waals surface area contributed by atoms with E-state index in [1.54, 1.807) is 7.11 Å². The van der Waals surface area contributed by atoms with Gasteiger partial charge in [-0.15, -0.1) is 24.0 Å². The highest BCUT2D eigenvalue weighted by Crippen LogP contribution is 2.31. The van der Waals surface area contributed by atoms with E-state index in [-0.39, 0.29) is 35.8 Å². The lowest BCUT2D eigenvalue weighted by molar-refractivity contribution is -0.116. The third-order valence-electron chi connectivity index (χ3n) is 4.76. The van der Waals surface area contributed by atoms with E-state index in [2.05, 4.69) is 28.1 Å². The second-order valence-electron chi connectivity index (χ2n) is 6.78. The van der Waals surface area contributed by atoms with E-state index in [9.17, 15) is 4.79 Å². The molecule has 29 heavy (non-hydrogen) atoms. The van der Waals surface area contributed by atoms with Crippen molar-refractivity contribution < 1.29 is 9.53 Å². The molecule has 3 rings (SSSR count). The quantitative estimate of drug-likeness (QED) is 0.304. The number of ether oxygens (including phenoxy) is 1. The zero-order valence-electron chi connectivity index (χ0n) is 16.9. The first-order chi connectivity index (χ1) is 13.7. The van der Waals surface area contributed by atoms with Crippen molar-refractivity contribution in [2.45, 2.75) is 25.7 Å². The van der Waals surface area contributed by atoms with E-state index >= 15 is 0 Å². The Labute approximate surface area is 189 Å². The van der Waals surface area contributed by atoms with Gasteiger partial charge in [-0.05, 0) is 42.7 Å². The predicted octanol–water partition coefficient (Wildman–Crippen LogP) is 3.54. The number of amides is 1. The summed E-state index contributed by atoms with van der Waals surface area (Å²) in [6, 6.07) is 16.0. The summed E-state index contributed by atoms with van der Waals surface area (Å²) in [7, 11) is 1.68. The largest absolute Gasteiger partial charge is 0.497 e. The first-order valence-corrected chi connectivity index (χ1v) is 9.73. The Balaban J connectivity index is 0.00000300. The molecule has 0 saturated heterocycles. The molecule has 1 aliphatic heterocycles. The maximum Gasteiger partial charge on any atom is 0.225 e. The molecule has 6 nitrogen and oxygen atoms in total. The second-order valence-corrected chi connectivity index (χ2v) is 6.78. The third-order valence-corrected chi connectivity index (χ3v) is 4.76. The lowest BCUT2D eigenvalue weighted by Gasteiger charge is -2.24. The second kappa shape index (κ2) is 11.6. The molecule has 2 aromatic rings. The van der Waals surface area contributed by atoms with E-state index < -0.39 is 0 Å². The molecule has 1 atom stereocenters. The number of halogens is 1. The highest BCUT2D eigenvalue weighted by atomic mass is 127. The fourth-order valence-corrected chi connectivity index (χ4v) is 3.36. The Morgan fingerprint density at radius 2 is 2.03 bits per heavy atom. The van der Waals surface area contributed by atoms with E-state index in [1.807, 2.05) is 43.3 Å². The summed E-state index contributed by atoms with van der Waals surface area (Å²) in [6.07, 6.45) is 1.33. The maximum atomic E-state index is 12.0. The van der Waals surface area contributed by atoms with Crippen LogP contribution in [0.4, 0.5) is 5.69 Å². The Hall–Kier alpha value is -2.29. The van der Waals surface area contributed by atoms with Crippen molar-refractivity contribution in [2.24, 2.45) is 4.99 Å². The summed E-state index contributed by atoms with van der Waals surface area (Å²) in [5, 5.41) is 9.59. The number of fused-ring (bicyclic) bond motifs is 1. The van der Waals surface area contributed by atoms with Gasteiger partial charge in [0, 0.05) is 31.1 Å². The first kappa shape index (κ1) is 23.0. The van der Waals surface area contributed by atoms with E-state index in [4.69, 9.17) is 9.73 Å². The van der Waals surface area contributed by atoms with Crippen LogP contribution in [0.15, 0.2) is 53.5 Å². The van der Waals surface area contributed by atoms with Crippen LogP contribution in [0.5, 0.6) is 5.75 Å². The van der Waals surface area contributed by atoms with Gasteiger partial charge in [0.15, 0.2) is 5.96 Å². The molecule has 1 heterocycles. The Bertz CT molecular complexity index is 841. The van der Waals surface area contributed by atoms with Crippen LogP contribution in [0, 0.1) is 0 Å². The van der Waals surface area contributed by atoms with Crippen LogP contribution in [-0.4, -0.2) is 38.6 Å². The monoisotopic (exact) mass is 508 g/mol. The van der Waals surface area contributed by atoms with Crippen molar-refractivity contribution in [3.05, 3.63) is 59.7 Å². The Morgan fingerprint density at radius 1 is 1.21 bits per heavy atom. The smallest absolute Gasteiger partial charge is 0.225 e. The van der Waals surface area contributed by atoms with Gasteiger partial charge in [0.2, 0.25) is 5.91 Å². The standard InChI is InChI=1S/C22H28N4O2.HI/c1-3-23-22(24-12-11-16-7-6-8-18(13-16)28-2)25-15-17-14-21(27)26-20-10-5-4-9-19(17)20;/h4-10,13,17H,3,11-12,14-15H2,1-2H3,(H,26,27)(H2,23,24,25);1H. The molecule has 7 heteroatoms. The molecular formula is C22H29IN4O2. The highest BCUT2D eigenvalue weighted by Gasteiger charge is 2.24. The lowest BCUT2D eigenvalue weighted by atomic mass is 9.91. The summed E-state index contributed by atoms with van der Waals surface area (Å²) in [6.45, 7) is 4.16. The topological polar surface area (TPSA) is 74.8 Å². The Morgan fingerprint density at radius 3 is 2.83 bits per heavy atom. The number of benzene rings is 2. The zero-order chi connectivity index (χ0) is 19.8. The summed E-state index contributed by atoms with van der Waals surface area (Å²) >= 11 is 0. The number of nitrogens with zero attached hydrogens (tertiary/aromatic N) is 1. The number of guanidine groups is 1. The number of aliphatic imine (C=N–C) groups is 1. The van der Waals surface area contributed by atoms with Gasteiger partial charge >= 0.3 is 0 Å². The molecule has 1 unspecified atom stereocenters. The number of hydrogen-bond donors (Lipinski definition) is 3. The van der Waals surface area contributed by atoms with Gasteiger partial charge in [-0.3, -0.25) is 9.79 Å². The van der Waals surface area contributed by atoms with E-state index in [0.29, 0.717) is 13.0 Å². The van der Waals surface area contributed by atoms with Crippen LogP contribution in [0.2, 0.25) is 0 Å². The number of methoxy groups -OCH3 is 1. The normalized spacial score (nSPS) is 15.6. The van der Waals surface area contributed by atoms with Gasteiger partial charge in [-0.1, -0.05) is 30.3 Å². The van der Waals surface area contributed by atoms with E-state index in [1.165, 1.54) is 5.56 Å². The molecule has 0 fully saturated rings. The molecular weight excluding hydrogens is 479 g/mol. The number of hydrogen-bond acceptors (Lipinski definition) is 3. The van der Waals surface area contributed by atoms with Gasteiger partial charge in [0.25, 0.3) is 0 Å². The van der Waals surface area contributed by atoms with E-state index in [0.717, 1.165) is 42.5 Å². The number of anilines is 1. The van der Waals surface area contributed by atoms with Crippen LogP contribution in [-0.2, 0) is 11.2 Å². The molecule has 3 N–H and O–H groups in total. The molecule has 0 aliphatic carbocycles. The number of para-hydroxylation sites is 1. The minimum Gasteiger partial charge on any atom is -0.497 e. The molecule has 0 saturated carbocycles. The van der Waals surface area contributed by atoms with Gasteiger partial charge in [-0.25, -0.2) is 0 Å². The van der Waals surface area contributed by atoms with Crippen LogP contribution in [0.3, 0.4) is 0 Å². The van der Waals surface area contributed by atoms with Crippen molar-refractivity contribution in [2.75, 3.05) is 32.1 Å². The average molecular weight is 508 g/mol. The van der Waals surface area contributed by atoms with Crippen LogP contribution in [0.25, 0.3) is 0 Å². The predicted molar refractivity (Wildman–Crippen MR) is 129 cm³/mol. The van der Waals surface area contributed by atoms with Crippen molar-refractivity contribution in [3.8, 4) is 5.75 Å². The van der Waals surface area contributed by atoms with Crippen LogP contribution < -0.4 is 20.7 Å². The molecule has 0 radical (unpaired) electrons. The molecule has 156 valence electrons. The molecule has 0 aromatic heterocycles. The van der Waals surface area contributed by atoms with Crippen LogP contribution in [0.1, 0.15) is 30.4 Å². The molecule has 1 aliphatic rings. The van der Waals surface area contributed by atoms with Gasteiger partial charge in [-0.2, -0.15) is 0 Å². The summed E-state index contributed by atoms with van der Waals surface area (Å²) in [5.41, 5.74) is 3.26. The van der Waals surface area contributed by atoms with Crippen molar-refractivity contribution in [3.63, 3.8) is 0 Å².